The van der Waals surface area contributed by atoms with Gasteiger partial charge in [-0.3, -0.25) is 14.7 Å². The number of guanidine groups is 1. The van der Waals surface area contributed by atoms with Crippen molar-refractivity contribution in [3.63, 3.8) is 0 Å². The van der Waals surface area contributed by atoms with Gasteiger partial charge < -0.3 is 24.6 Å². The molecule has 3 heterocycles. The zero-order valence-corrected chi connectivity index (χ0v) is 20.9. The lowest BCUT2D eigenvalue weighted by atomic mass is 10.0. The summed E-state index contributed by atoms with van der Waals surface area (Å²) in [5.74, 6) is 1.91. The maximum absolute atomic E-state index is 12.3. The SMILES string of the molecule is CN=C(NCCCOCC1CCOCC1)N1CCN(CC(=O)N2CCCC2)CC1.I. The van der Waals surface area contributed by atoms with E-state index in [0.29, 0.717) is 18.4 Å². The first kappa shape index (κ1) is 25.6. The van der Waals surface area contributed by atoms with Crippen LogP contribution < -0.4 is 5.32 Å². The Morgan fingerprint density at radius 2 is 1.77 bits per heavy atom. The summed E-state index contributed by atoms with van der Waals surface area (Å²) in [6.45, 7) is 10.4. The third-order valence-electron chi connectivity index (χ3n) is 6.14. The van der Waals surface area contributed by atoms with Crippen molar-refractivity contribution in [3.05, 3.63) is 0 Å². The van der Waals surface area contributed by atoms with Crippen LogP contribution in [0.1, 0.15) is 32.1 Å². The summed E-state index contributed by atoms with van der Waals surface area (Å²) in [5, 5.41) is 3.46. The molecule has 0 radical (unpaired) electrons. The number of nitrogens with one attached hydrogen (secondary N) is 1. The van der Waals surface area contributed by atoms with Crippen LogP contribution in [0.2, 0.25) is 0 Å². The van der Waals surface area contributed by atoms with Gasteiger partial charge in [0, 0.05) is 79.3 Å². The fraction of sp³-hybridized carbons (Fsp3) is 0.905. The summed E-state index contributed by atoms with van der Waals surface area (Å²) in [4.78, 5) is 23.3. The first-order chi connectivity index (χ1) is 14.3. The summed E-state index contributed by atoms with van der Waals surface area (Å²) >= 11 is 0. The Bertz CT molecular complexity index is 517. The van der Waals surface area contributed by atoms with Gasteiger partial charge in [0.05, 0.1) is 6.54 Å². The summed E-state index contributed by atoms with van der Waals surface area (Å²) in [6.07, 6.45) is 5.54. The number of ether oxygens (including phenoxy) is 2. The van der Waals surface area contributed by atoms with Crippen LogP contribution in [0, 0.1) is 5.92 Å². The number of likely N-dealkylation sites (tertiary alicyclic amines) is 1. The van der Waals surface area contributed by atoms with Crippen LogP contribution in [0.15, 0.2) is 4.99 Å². The second-order valence-corrected chi connectivity index (χ2v) is 8.31. The molecule has 3 saturated heterocycles. The fourth-order valence-corrected chi connectivity index (χ4v) is 4.25. The molecular formula is C21H40IN5O3. The lowest BCUT2D eigenvalue weighted by Gasteiger charge is -2.36. The standard InChI is InChI=1S/C21H39N5O3.HI/c1-22-21(23-7-4-14-29-18-19-5-15-28-16-6-19)26-12-10-24(11-13-26)17-20(27)25-8-2-3-9-25;/h19H,2-18H2,1H3,(H,22,23);1H. The third kappa shape index (κ3) is 8.47. The minimum atomic E-state index is 0. The van der Waals surface area contributed by atoms with Gasteiger partial charge in [-0.1, -0.05) is 0 Å². The van der Waals surface area contributed by atoms with Gasteiger partial charge >= 0.3 is 0 Å². The molecular weight excluding hydrogens is 497 g/mol. The van der Waals surface area contributed by atoms with Crippen LogP contribution in [-0.4, -0.2) is 112 Å². The van der Waals surface area contributed by atoms with E-state index in [2.05, 4.69) is 20.1 Å². The van der Waals surface area contributed by atoms with Crippen LogP contribution in [0.4, 0.5) is 0 Å². The van der Waals surface area contributed by atoms with Gasteiger partial charge in [0.2, 0.25) is 5.91 Å². The monoisotopic (exact) mass is 537 g/mol. The van der Waals surface area contributed by atoms with Crippen molar-refractivity contribution in [2.45, 2.75) is 32.1 Å². The van der Waals surface area contributed by atoms with E-state index in [9.17, 15) is 4.79 Å². The lowest BCUT2D eigenvalue weighted by molar-refractivity contribution is -0.131. The van der Waals surface area contributed by atoms with E-state index in [1.54, 1.807) is 0 Å². The maximum atomic E-state index is 12.3. The number of nitrogens with zero attached hydrogens (tertiary/aromatic N) is 4. The van der Waals surface area contributed by atoms with Crippen molar-refractivity contribution >= 4 is 35.8 Å². The predicted octanol–water partition coefficient (Wildman–Crippen LogP) is 1.25. The van der Waals surface area contributed by atoms with Gasteiger partial charge in [-0.05, 0) is 38.0 Å². The molecule has 3 aliphatic rings. The minimum Gasteiger partial charge on any atom is -0.381 e. The van der Waals surface area contributed by atoms with Crippen molar-refractivity contribution in [2.24, 2.45) is 10.9 Å². The van der Waals surface area contributed by atoms with Gasteiger partial charge in [0.1, 0.15) is 0 Å². The number of rotatable bonds is 8. The Balaban J connectivity index is 0.00000320. The molecule has 1 amide bonds. The molecule has 0 atom stereocenters. The second-order valence-electron chi connectivity index (χ2n) is 8.31. The molecule has 0 aliphatic carbocycles. The highest BCUT2D eigenvalue weighted by Gasteiger charge is 2.24. The molecule has 3 aliphatic heterocycles. The van der Waals surface area contributed by atoms with E-state index in [0.717, 1.165) is 110 Å². The number of halogens is 1. The van der Waals surface area contributed by atoms with Gasteiger partial charge in [0.25, 0.3) is 0 Å². The Labute approximate surface area is 198 Å². The predicted molar refractivity (Wildman–Crippen MR) is 130 cm³/mol. The molecule has 9 heteroatoms. The zero-order chi connectivity index (χ0) is 20.3. The van der Waals surface area contributed by atoms with E-state index in [1.807, 2.05) is 11.9 Å². The van der Waals surface area contributed by atoms with Gasteiger partial charge in [-0.15, -0.1) is 24.0 Å². The van der Waals surface area contributed by atoms with E-state index >= 15 is 0 Å². The molecule has 0 aromatic carbocycles. The highest BCUT2D eigenvalue weighted by Crippen LogP contribution is 2.14. The molecule has 0 spiro atoms. The minimum absolute atomic E-state index is 0. The molecule has 30 heavy (non-hydrogen) atoms. The average Bonchev–Trinajstić information content (AvgIpc) is 3.30. The van der Waals surface area contributed by atoms with Gasteiger partial charge in [0.15, 0.2) is 5.96 Å². The normalized spacial score (nSPS) is 21.6. The Morgan fingerprint density at radius 3 is 2.43 bits per heavy atom. The average molecular weight is 537 g/mol. The van der Waals surface area contributed by atoms with Crippen LogP contribution in [0.25, 0.3) is 0 Å². The van der Waals surface area contributed by atoms with Crippen LogP contribution in [-0.2, 0) is 14.3 Å². The van der Waals surface area contributed by atoms with E-state index in [1.165, 1.54) is 0 Å². The Morgan fingerprint density at radius 1 is 1.07 bits per heavy atom. The quantitative estimate of drug-likeness (QED) is 0.218. The fourth-order valence-electron chi connectivity index (χ4n) is 4.25. The van der Waals surface area contributed by atoms with Gasteiger partial charge in [-0.2, -0.15) is 0 Å². The largest absolute Gasteiger partial charge is 0.381 e. The first-order valence-electron chi connectivity index (χ1n) is 11.4. The molecule has 0 aromatic heterocycles. The molecule has 0 bridgehead atoms. The number of amides is 1. The summed E-state index contributed by atoms with van der Waals surface area (Å²) in [6, 6.07) is 0. The Hall–Kier alpha value is -0.650. The van der Waals surface area contributed by atoms with E-state index in [4.69, 9.17) is 9.47 Å². The molecule has 0 saturated carbocycles. The van der Waals surface area contributed by atoms with Gasteiger partial charge in [-0.25, -0.2) is 0 Å². The van der Waals surface area contributed by atoms with Crippen LogP contribution >= 0.6 is 24.0 Å². The third-order valence-corrected chi connectivity index (χ3v) is 6.14. The summed E-state index contributed by atoms with van der Waals surface area (Å²) < 4.78 is 11.2. The molecule has 0 aromatic rings. The van der Waals surface area contributed by atoms with Crippen molar-refractivity contribution < 1.29 is 14.3 Å². The number of hydrogen-bond acceptors (Lipinski definition) is 5. The summed E-state index contributed by atoms with van der Waals surface area (Å²) in [7, 11) is 1.84. The Kier molecular flexibility index (Phi) is 12.3. The molecule has 174 valence electrons. The smallest absolute Gasteiger partial charge is 0.236 e. The second kappa shape index (κ2) is 14.4. The molecule has 3 rings (SSSR count). The summed E-state index contributed by atoms with van der Waals surface area (Å²) in [5.41, 5.74) is 0. The highest BCUT2D eigenvalue weighted by molar-refractivity contribution is 14.0. The van der Waals surface area contributed by atoms with Crippen LogP contribution in [0.5, 0.6) is 0 Å². The zero-order valence-electron chi connectivity index (χ0n) is 18.5. The van der Waals surface area contributed by atoms with Crippen molar-refractivity contribution in [1.29, 1.82) is 0 Å². The number of piperazine rings is 1. The topological polar surface area (TPSA) is 69.6 Å². The number of carbonyl (C=O) groups excluding carboxylic acids is 1. The molecule has 0 unspecified atom stereocenters. The van der Waals surface area contributed by atoms with E-state index < -0.39 is 0 Å². The van der Waals surface area contributed by atoms with Crippen molar-refractivity contribution in [2.75, 3.05) is 85.8 Å². The molecule has 8 nitrogen and oxygen atoms in total. The lowest BCUT2D eigenvalue weighted by Crippen LogP contribution is -2.54. The first-order valence-corrected chi connectivity index (χ1v) is 11.4. The number of hydrogen-bond donors (Lipinski definition) is 1. The molecule has 1 N–H and O–H groups in total. The van der Waals surface area contributed by atoms with Crippen molar-refractivity contribution in [3.8, 4) is 0 Å². The van der Waals surface area contributed by atoms with E-state index in [-0.39, 0.29) is 24.0 Å². The van der Waals surface area contributed by atoms with Crippen LogP contribution in [0.3, 0.4) is 0 Å². The molecule has 3 fully saturated rings. The highest BCUT2D eigenvalue weighted by atomic mass is 127. The maximum Gasteiger partial charge on any atom is 0.236 e. The number of carbonyl (C=O) groups is 1. The number of aliphatic imine (C=N–C) groups is 1. The van der Waals surface area contributed by atoms with Crippen molar-refractivity contribution in [1.82, 2.24) is 20.0 Å².